The zero-order chi connectivity index (χ0) is 27.7. The van der Waals surface area contributed by atoms with E-state index in [9.17, 15) is 0 Å². The highest BCUT2D eigenvalue weighted by Gasteiger charge is 2.42. The van der Waals surface area contributed by atoms with Crippen molar-refractivity contribution in [3.8, 4) is 11.4 Å². The van der Waals surface area contributed by atoms with Crippen LogP contribution in [0, 0.1) is 20.8 Å². The number of aromatic nitrogens is 2. The molecule has 1 fully saturated rings. The smallest absolute Gasteiger partial charge is 0.174 e. The molecule has 0 spiro atoms. The van der Waals surface area contributed by atoms with E-state index < -0.39 is 0 Å². The number of pyridine rings is 1. The Morgan fingerprint density at radius 3 is 2.51 bits per heavy atom. The highest BCUT2D eigenvalue weighted by atomic mass is 35.5. The van der Waals surface area contributed by atoms with Crippen molar-refractivity contribution in [2.45, 2.75) is 32.9 Å². The maximum absolute atomic E-state index is 6.67. The van der Waals surface area contributed by atoms with Crippen molar-refractivity contribution in [2.75, 3.05) is 25.2 Å². The number of hydrogen-bond donors (Lipinski definition) is 1. The number of nitrogens with one attached hydrogen (secondary N) is 1. The van der Waals surface area contributed by atoms with E-state index in [-0.39, 0.29) is 12.1 Å². The van der Waals surface area contributed by atoms with Crippen molar-refractivity contribution in [1.29, 1.82) is 0 Å². The summed E-state index contributed by atoms with van der Waals surface area (Å²) in [6.07, 6.45) is 1.81. The Morgan fingerprint density at radius 1 is 0.974 bits per heavy atom. The van der Waals surface area contributed by atoms with Gasteiger partial charge in [-0.2, -0.15) is 0 Å². The van der Waals surface area contributed by atoms with Gasteiger partial charge in [0.25, 0.3) is 0 Å². The van der Waals surface area contributed by atoms with Crippen LogP contribution in [-0.2, 0) is 4.74 Å². The molecule has 202 valence electrons. The standard InChI is InChI=1S/C30H30Cl2N4O2S/c1-18-16-22(20(3)35(18)26-10-7-8-23(31)19(26)2)29-28(25-9-5-6-13-33-25)34-30(39)36(29)21-11-12-27(24(32)17-21)38-15-14-37-4/h5-13,16-17,28-29H,14-15H2,1-4H3,(H,34,39)/t28-,29-/m0/s1. The lowest BCUT2D eigenvalue weighted by molar-refractivity contribution is 0.146. The third-order valence-corrected chi connectivity index (χ3v) is 8.13. The van der Waals surface area contributed by atoms with E-state index in [4.69, 9.17) is 44.9 Å². The first kappa shape index (κ1) is 27.5. The van der Waals surface area contributed by atoms with E-state index in [1.54, 1.807) is 13.3 Å². The van der Waals surface area contributed by atoms with Gasteiger partial charge in [0.05, 0.1) is 29.4 Å². The Kier molecular flexibility index (Phi) is 8.14. The molecule has 0 aliphatic carbocycles. The molecule has 0 amide bonds. The Bertz CT molecular complexity index is 1510. The molecule has 1 aliphatic rings. The monoisotopic (exact) mass is 580 g/mol. The van der Waals surface area contributed by atoms with Gasteiger partial charge in [-0.25, -0.2) is 0 Å². The Balaban J connectivity index is 1.62. The molecular weight excluding hydrogens is 551 g/mol. The van der Waals surface area contributed by atoms with E-state index in [1.807, 2.05) is 55.5 Å². The van der Waals surface area contributed by atoms with Crippen LogP contribution in [0.15, 0.2) is 66.9 Å². The summed E-state index contributed by atoms with van der Waals surface area (Å²) in [5, 5.41) is 5.38. The summed E-state index contributed by atoms with van der Waals surface area (Å²) in [6.45, 7) is 7.19. The number of anilines is 1. The molecule has 4 aromatic rings. The second-order valence-electron chi connectivity index (χ2n) is 9.50. The number of nitrogens with zero attached hydrogens (tertiary/aromatic N) is 3. The van der Waals surface area contributed by atoms with E-state index in [1.165, 1.54) is 0 Å². The van der Waals surface area contributed by atoms with Crippen LogP contribution in [0.2, 0.25) is 10.0 Å². The molecule has 0 unspecified atom stereocenters. The van der Waals surface area contributed by atoms with Crippen molar-refractivity contribution in [2.24, 2.45) is 0 Å². The highest BCUT2D eigenvalue weighted by Crippen LogP contribution is 2.45. The molecule has 2 aromatic heterocycles. The summed E-state index contributed by atoms with van der Waals surface area (Å²) in [7, 11) is 1.64. The fourth-order valence-corrected chi connectivity index (χ4v) is 5.98. The van der Waals surface area contributed by atoms with Crippen LogP contribution < -0.4 is 15.0 Å². The first-order chi connectivity index (χ1) is 18.8. The van der Waals surface area contributed by atoms with Gasteiger partial charge in [0.1, 0.15) is 12.4 Å². The van der Waals surface area contributed by atoms with Crippen molar-refractivity contribution in [3.63, 3.8) is 0 Å². The molecular formula is C30H30Cl2N4O2S. The van der Waals surface area contributed by atoms with E-state index in [0.717, 1.165) is 44.6 Å². The first-order valence-corrected chi connectivity index (χ1v) is 13.8. The van der Waals surface area contributed by atoms with Gasteiger partial charge < -0.3 is 24.3 Å². The molecule has 2 aromatic carbocycles. The third kappa shape index (κ3) is 5.24. The van der Waals surface area contributed by atoms with Gasteiger partial charge in [-0.05, 0) is 92.6 Å². The fraction of sp³-hybridized carbons (Fsp3) is 0.267. The van der Waals surface area contributed by atoms with Crippen LogP contribution in [0.25, 0.3) is 5.69 Å². The zero-order valence-electron chi connectivity index (χ0n) is 22.2. The summed E-state index contributed by atoms with van der Waals surface area (Å²) >= 11 is 19.1. The number of halogens is 2. The van der Waals surface area contributed by atoms with Crippen LogP contribution >= 0.6 is 35.4 Å². The summed E-state index contributed by atoms with van der Waals surface area (Å²) in [5.41, 5.74) is 7.19. The number of thiocarbonyl (C=S) groups is 1. The summed E-state index contributed by atoms with van der Waals surface area (Å²) in [5.74, 6) is 0.600. The summed E-state index contributed by atoms with van der Waals surface area (Å²) in [4.78, 5) is 6.81. The summed E-state index contributed by atoms with van der Waals surface area (Å²) in [6, 6.07) is 19.6. The second-order valence-corrected chi connectivity index (χ2v) is 10.7. The molecule has 39 heavy (non-hydrogen) atoms. The minimum Gasteiger partial charge on any atom is -0.490 e. The highest BCUT2D eigenvalue weighted by molar-refractivity contribution is 7.80. The third-order valence-electron chi connectivity index (χ3n) is 7.11. The molecule has 2 atom stereocenters. The van der Waals surface area contributed by atoms with Crippen molar-refractivity contribution >= 4 is 46.2 Å². The number of hydrogen-bond acceptors (Lipinski definition) is 4. The molecule has 1 aliphatic heterocycles. The van der Waals surface area contributed by atoms with Gasteiger partial charge in [-0.15, -0.1) is 0 Å². The molecule has 0 bridgehead atoms. The van der Waals surface area contributed by atoms with Crippen LogP contribution in [-0.4, -0.2) is 35.0 Å². The first-order valence-electron chi connectivity index (χ1n) is 12.7. The van der Waals surface area contributed by atoms with Gasteiger partial charge in [0, 0.05) is 41.1 Å². The minimum absolute atomic E-state index is 0.176. The topological polar surface area (TPSA) is 51.6 Å². The second kappa shape index (κ2) is 11.6. The Hall–Kier alpha value is -3.10. The molecule has 6 nitrogen and oxygen atoms in total. The van der Waals surface area contributed by atoms with Crippen molar-refractivity contribution in [3.05, 3.63) is 105 Å². The van der Waals surface area contributed by atoms with Gasteiger partial charge >= 0.3 is 0 Å². The zero-order valence-corrected chi connectivity index (χ0v) is 24.6. The average Bonchev–Trinajstić information content (AvgIpc) is 3.42. The number of aryl methyl sites for hydroxylation is 1. The van der Waals surface area contributed by atoms with Crippen molar-refractivity contribution < 1.29 is 9.47 Å². The van der Waals surface area contributed by atoms with Crippen molar-refractivity contribution in [1.82, 2.24) is 14.9 Å². The van der Waals surface area contributed by atoms with Crippen LogP contribution in [0.4, 0.5) is 5.69 Å². The predicted molar refractivity (Wildman–Crippen MR) is 162 cm³/mol. The maximum atomic E-state index is 6.67. The van der Waals surface area contributed by atoms with E-state index >= 15 is 0 Å². The lowest BCUT2D eigenvalue weighted by atomic mass is 9.96. The lowest BCUT2D eigenvalue weighted by Crippen LogP contribution is -2.29. The maximum Gasteiger partial charge on any atom is 0.174 e. The molecule has 1 saturated heterocycles. The average molecular weight is 582 g/mol. The van der Waals surface area contributed by atoms with E-state index in [2.05, 4.69) is 45.7 Å². The van der Waals surface area contributed by atoms with Gasteiger partial charge in [-0.1, -0.05) is 35.3 Å². The molecule has 3 heterocycles. The number of methoxy groups -OCH3 is 1. The van der Waals surface area contributed by atoms with E-state index in [0.29, 0.717) is 29.1 Å². The lowest BCUT2D eigenvalue weighted by Gasteiger charge is -2.28. The number of ether oxygens (including phenoxy) is 2. The minimum atomic E-state index is -0.178. The molecule has 1 N–H and O–H groups in total. The predicted octanol–water partition coefficient (Wildman–Crippen LogP) is 7.31. The quantitative estimate of drug-likeness (QED) is 0.174. The fourth-order valence-electron chi connectivity index (χ4n) is 5.24. The van der Waals surface area contributed by atoms with Gasteiger partial charge in [-0.3, -0.25) is 4.98 Å². The van der Waals surface area contributed by atoms with Crippen LogP contribution in [0.3, 0.4) is 0 Å². The SMILES string of the molecule is COCCOc1ccc(N2C(=S)N[C@@H](c3ccccn3)[C@@H]2c2cc(C)n(-c3cccc(Cl)c3C)c2C)cc1Cl. The largest absolute Gasteiger partial charge is 0.490 e. The van der Waals surface area contributed by atoms with Crippen LogP contribution in [0.1, 0.15) is 40.3 Å². The Labute approximate surface area is 244 Å². The number of benzene rings is 2. The molecule has 0 saturated carbocycles. The Morgan fingerprint density at radius 2 is 1.79 bits per heavy atom. The molecule has 9 heteroatoms. The summed E-state index contributed by atoms with van der Waals surface area (Å²) < 4.78 is 13.1. The molecule has 0 radical (unpaired) electrons. The molecule has 5 rings (SSSR count). The van der Waals surface area contributed by atoms with Gasteiger partial charge in [0.2, 0.25) is 0 Å². The normalized spacial score (nSPS) is 17.0. The number of rotatable bonds is 8. The van der Waals surface area contributed by atoms with Crippen LogP contribution in [0.5, 0.6) is 5.75 Å². The van der Waals surface area contributed by atoms with Gasteiger partial charge in [0.15, 0.2) is 5.11 Å².